The van der Waals surface area contributed by atoms with E-state index in [1.165, 1.54) is 31.3 Å². The second-order valence-electron chi connectivity index (χ2n) is 8.89. The minimum atomic E-state index is -1.33. The van der Waals surface area contributed by atoms with Crippen molar-refractivity contribution in [3.05, 3.63) is 59.7 Å². The van der Waals surface area contributed by atoms with Crippen molar-refractivity contribution < 1.29 is 28.9 Å². The molecule has 1 N–H and O–H groups in total. The van der Waals surface area contributed by atoms with Gasteiger partial charge in [0.05, 0.1) is 31.5 Å². The van der Waals surface area contributed by atoms with Gasteiger partial charge in [-0.15, -0.1) is 0 Å². The second-order valence-corrected chi connectivity index (χ2v) is 11.7. The number of ether oxygens (including phenoxy) is 3. The lowest BCUT2D eigenvalue weighted by Crippen LogP contribution is -2.50. The lowest BCUT2D eigenvalue weighted by Gasteiger charge is -2.31. The summed E-state index contributed by atoms with van der Waals surface area (Å²) < 4.78 is 16.4. The zero-order valence-corrected chi connectivity index (χ0v) is 22.4. The van der Waals surface area contributed by atoms with E-state index in [2.05, 4.69) is 20.4 Å². The molecule has 0 bridgehead atoms. The number of amides is 2. The van der Waals surface area contributed by atoms with Gasteiger partial charge in [0.25, 0.3) is 5.91 Å². The highest BCUT2D eigenvalue weighted by Crippen LogP contribution is 2.41. The molecule has 8 nitrogen and oxygen atoms in total. The van der Waals surface area contributed by atoms with E-state index in [1.807, 2.05) is 24.3 Å². The van der Waals surface area contributed by atoms with E-state index in [4.69, 9.17) is 14.2 Å². The van der Waals surface area contributed by atoms with Crippen molar-refractivity contribution in [1.82, 2.24) is 4.90 Å². The Morgan fingerprint density at radius 2 is 1.83 bits per heavy atom. The number of hydrogen-bond donors (Lipinski definition) is 1. The molecule has 1 fully saturated rings. The molecule has 0 spiro atoms. The van der Waals surface area contributed by atoms with Crippen LogP contribution in [-0.2, 0) is 11.3 Å². The molecule has 10 heteroatoms. The Morgan fingerprint density at radius 1 is 1.17 bits per heavy atom. The summed E-state index contributed by atoms with van der Waals surface area (Å²) in [6.45, 7) is 8.58. The maximum absolute atomic E-state index is 13.4. The highest BCUT2D eigenvalue weighted by atomic mass is 33.1. The first-order valence-corrected chi connectivity index (χ1v) is 13.7. The van der Waals surface area contributed by atoms with Gasteiger partial charge in [0.1, 0.15) is 6.61 Å². The number of anilines is 1. The number of nitrogens with zero attached hydrogens (tertiary/aromatic N) is 2. The fraction of sp³-hybridized carbons (Fsp3) is 0.385. The topological polar surface area (TPSA) is 88.5 Å². The molecule has 2 aliphatic rings. The summed E-state index contributed by atoms with van der Waals surface area (Å²) in [4.78, 5) is 30.6. The van der Waals surface area contributed by atoms with Gasteiger partial charge in [-0.2, -0.15) is 0 Å². The lowest BCUT2D eigenvalue weighted by atomic mass is 10.1. The summed E-state index contributed by atoms with van der Waals surface area (Å²) in [6, 6.07) is 10.2. The van der Waals surface area contributed by atoms with Crippen LogP contribution in [0.5, 0.6) is 11.5 Å². The van der Waals surface area contributed by atoms with Crippen molar-refractivity contribution >= 4 is 39.3 Å². The Labute approximate surface area is 219 Å². The zero-order valence-electron chi connectivity index (χ0n) is 20.7. The third-order valence-electron chi connectivity index (χ3n) is 5.97. The Kier molecular flexibility index (Phi) is 8.07. The molecule has 2 heterocycles. The van der Waals surface area contributed by atoms with Crippen LogP contribution < -0.4 is 14.4 Å². The molecule has 1 saturated heterocycles. The first-order valence-electron chi connectivity index (χ1n) is 11.5. The summed E-state index contributed by atoms with van der Waals surface area (Å²) in [5, 5.41) is 11.8. The molecule has 36 heavy (non-hydrogen) atoms. The summed E-state index contributed by atoms with van der Waals surface area (Å²) in [5.74, 6) is 0.349. The number of rotatable bonds is 7. The summed E-state index contributed by atoms with van der Waals surface area (Å²) in [5.41, 5.74) is 2.03. The van der Waals surface area contributed by atoms with Crippen LogP contribution in [0.15, 0.2) is 53.4 Å². The van der Waals surface area contributed by atoms with E-state index in [9.17, 15) is 14.7 Å². The van der Waals surface area contributed by atoms with Gasteiger partial charge in [-0.25, -0.2) is 9.69 Å². The highest BCUT2D eigenvalue weighted by Gasteiger charge is 2.46. The third kappa shape index (κ3) is 5.30. The van der Waals surface area contributed by atoms with E-state index >= 15 is 0 Å². The average molecular weight is 531 g/mol. The Hall–Kier alpha value is -2.82. The second kappa shape index (κ2) is 11.1. The molecule has 1 unspecified atom stereocenters. The summed E-state index contributed by atoms with van der Waals surface area (Å²) in [6.07, 6.45) is -1.71. The molecule has 192 valence electrons. The molecule has 2 aliphatic heterocycles. The monoisotopic (exact) mass is 530 g/mol. The van der Waals surface area contributed by atoms with Gasteiger partial charge in [0.15, 0.2) is 17.7 Å². The minimum Gasteiger partial charge on any atom is -0.493 e. The quantitative estimate of drug-likeness (QED) is 0.391. The van der Waals surface area contributed by atoms with Gasteiger partial charge in [-0.3, -0.25) is 4.79 Å². The van der Waals surface area contributed by atoms with E-state index in [-0.39, 0.29) is 23.8 Å². The predicted molar refractivity (Wildman–Crippen MR) is 142 cm³/mol. The number of methoxy groups -OCH3 is 2. The molecule has 0 aromatic heterocycles. The largest absolute Gasteiger partial charge is 0.493 e. The molecule has 0 saturated carbocycles. The van der Waals surface area contributed by atoms with Gasteiger partial charge in [-0.1, -0.05) is 59.7 Å². The molecule has 4 rings (SSSR count). The predicted octanol–water partition coefficient (Wildman–Crippen LogP) is 5.10. The maximum Gasteiger partial charge on any atom is 0.416 e. The number of carbonyl (C=O) groups is 2. The zero-order chi connectivity index (χ0) is 26.0. The molecule has 2 aromatic carbocycles. The molecule has 2 aromatic rings. The van der Waals surface area contributed by atoms with Crippen molar-refractivity contribution in [3.8, 4) is 11.5 Å². The van der Waals surface area contributed by atoms with Crippen LogP contribution in [0.2, 0.25) is 0 Å². The fourth-order valence-corrected chi connectivity index (χ4v) is 6.03. The van der Waals surface area contributed by atoms with Crippen molar-refractivity contribution in [3.63, 3.8) is 0 Å². The summed E-state index contributed by atoms with van der Waals surface area (Å²) >= 11 is 0. The van der Waals surface area contributed by atoms with Gasteiger partial charge < -0.3 is 24.2 Å². The van der Waals surface area contributed by atoms with Crippen molar-refractivity contribution in [2.75, 3.05) is 25.7 Å². The molecule has 0 radical (unpaired) electrons. The smallest absolute Gasteiger partial charge is 0.416 e. The van der Waals surface area contributed by atoms with Gasteiger partial charge in [0.2, 0.25) is 0 Å². The first-order chi connectivity index (χ1) is 17.2. The van der Waals surface area contributed by atoms with E-state index < -0.39 is 18.4 Å². The standard InChI is InChI=1S/C26H30N2O6S2/c1-15(2)35-36-18-8-6-17(7-9-18)14-34-26(31)28-20-12-23(33-5)22(32-4)11-19(20)24(29)27-13-16(3)10-21(27)25(28)30/h6-9,11-12,15,21,25,30H,3,10,13-14H2,1-2,4-5H3/t21-,25?/m0/s1. The Morgan fingerprint density at radius 3 is 2.47 bits per heavy atom. The van der Waals surface area contributed by atoms with Crippen LogP contribution in [0.4, 0.5) is 10.5 Å². The fourth-order valence-electron chi connectivity index (χ4n) is 4.24. The molecular weight excluding hydrogens is 500 g/mol. The van der Waals surface area contributed by atoms with E-state index in [0.717, 1.165) is 20.9 Å². The van der Waals surface area contributed by atoms with E-state index in [1.54, 1.807) is 21.6 Å². The van der Waals surface area contributed by atoms with E-state index in [0.29, 0.717) is 29.7 Å². The van der Waals surface area contributed by atoms with Gasteiger partial charge >= 0.3 is 6.09 Å². The normalized spacial score (nSPS) is 19.2. The molecular formula is C26H30N2O6S2. The minimum absolute atomic E-state index is 0.0159. The average Bonchev–Trinajstić information content (AvgIpc) is 3.24. The van der Waals surface area contributed by atoms with Crippen LogP contribution in [-0.4, -0.2) is 60.3 Å². The number of benzene rings is 2. The number of fused-ring (bicyclic) bond motifs is 2. The summed E-state index contributed by atoms with van der Waals surface area (Å²) in [7, 11) is 6.41. The number of aliphatic hydroxyl groups is 1. The number of aliphatic hydroxyl groups excluding tert-OH is 1. The number of carbonyl (C=O) groups excluding carboxylic acids is 2. The highest BCUT2D eigenvalue weighted by molar-refractivity contribution is 8.76. The molecule has 2 amide bonds. The van der Waals surface area contributed by atoms with Crippen LogP contribution >= 0.6 is 21.6 Å². The van der Waals surface area contributed by atoms with Crippen molar-refractivity contribution in [1.29, 1.82) is 0 Å². The van der Waals surface area contributed by atoms with Gasteiger partial charge in [-0.05, 0) is 30.2 Å². The van der Waals surface area contributed by atoms with Crippen LogP contribution in [0.1, 0.15) is 36.2 Å². The van der Waals surface area contributed by atoms with Crippen molar-refractivity contribution in [2.24, 2.45) is 0 Å². The third-order valence-corrected chi connectivity index (χ3v) is 8.94. The lowest BCUT2D eigenvalue weighted by molar-refractivity contribution is 0.0485. The molecule has 0 aliphatic carbocycles. The van der Waals surface area contributed by atoms with Crippen molar-refractivity contribution in [2.45, 2.75) is 49.3 Å². The Bertz CT molecular complexity index is 1150. The van der Waals surface area contributed by atoms with Gasteiger partial charge in [0, 0.05) is 22.8 Å². The Balaban J connectivity index is 1.61. The first kappa shape index (κ1) is 26.2. The van der Waals surface area contributed by atoms with Crippen LogP contribution in [0, 0.1) is 0 Å². The number of hydrogen-bond acceptors (Lipinski definition) is 8. The maximum atomic E-state index is 13.4. The van der Waals surface area contributed by atoms with Crippen LogP contribution in [0.3, 0.4) is 0 Å². The molecule has 2 atom stereocenters. The van der Waals surface area contributed by atoms with Crippen LogP contribution in [0.25, 0.3) is 0 Å². The SMILES string of the molecule is C=C1C[C@H]2C(O)N(C(=O)OCc3ccc(SSC(C)C)cc3)c3cc(OC)c(OC)cc3C(=O)N2C1.